The van der Waals surface area contributed by atoms with Gasteiger partial charge in [0.15, 0.2) is 0 Å². The highest BCUT2D eigenvalue weighted by molar-refractivity contribution is 7.26. The minimum atomic E-state index is 0.800. The van der Waals surface area contributed by atoms with E-state index >= 15 is 0 Å². The standard InChI is InChI=1S/C43H28N4S/c1-3-9-39-33(7-1)35-11-12-36-34-8-2-4-10-41(34)48-43(36)42(35)37-25-29-6-5-17-46-38(29)26-40(37)47(39)32-23-30(27-13-18-44-19-14-27)22-31(24-32)28-15-20-45-21-16-28/h1-20,22-26,45H,21H2. The van der Waals surface area contributed by atoms with E-state index in [-0.39, 0.29) is 0 Å². The number of para-hydroxylation sites is 1. The first-order chi connectivity index (χ1) is 23.8. The third-order valence-corrected chi connectivity index (χ3v) is 10.8. The van der Waals surface area contributed by atoms with Gasteiger partial charge in [-0.1, -0.05) is 60.7 Å². The van der Waals surface area contributed by atoms with E-state index in [0.717, 1.165) is 45.6 Å². The number of allylic oxidation sites excluding steroid dienone is 2. The van der Waals surface area contributed by atoms with Crippen LogP contribution >= 0.6 is 11.3 Å². The van der Waals surface area contributed by atoms with E-state index in [2.05, 4.69) is 137 Å². The summed E-state index contributed by atoms with van der Waals surface area (Å²) < 4.78 is 2.61. The number of nitrogens with one attached hydrogen (secondary N) is 1. The van der Waals surface area contributed by atoms with Gasteiger partial charge in [0.2, 0.25) is 0 Å². The van der Waals surface area contributed by atoms with Gasteiger partial charge >= 0.3 is 0 Å². The van der Waals surface area contributed by atoms with E-state index in [1.54, 1.807) is 0 Å². The molecule has 2 aliphatic rings. The highest BCUT2D eigenvalue weighted by Crippen LogP contribution is 2.55. The van der Waals surface area contributed by atoms with Gasteiger partial charge in [-0.3, -0.25) is 9.97 Å². The van der Waals surface area contributed by atoms with Crippen molar-refractivity contribution in [3.63, 3.8) is 0 Å². The summed E-state index contributed by atoms with van der Waals surface area (Å²) in [6.45, 7) is 0.800. The average Bonchev–Trinajstić information content (AvgIpc) is 3.48. The highest BCUT2D eigenvalue weighted by Gasteiger charge is 2.29. The van der Waals surface area contributed by atoms with Gasteiger partial charge in [0, 0.05) is 73.1 Å². The van der Waals surface area contributed by atoms with Crippen LogP contribution in [-0.4, -0.2) is 16.5 Å². The Kier molecular flexibility index (Phi) is 6.08. The fourth-order valence-corrected chi connectivity index (χ4v) is 8.63. The molecule has 0 aliphatic carbocycles. The van der Waals surface area contributed by atoms with Gasteiger partial charge < -0.3 is 10.2 Å². The summed E-state index contributed by atoms with van der Waals surface area (Å²) in [5, 5.41) is 7.04. The number of thiophene rings is 1. The van der Waals surface area contributed by atoms with Crippen molar-refractivity contribution in [2.75, 3.05) is 11.4 Å². The second-order valence-electron chi connectivity index (χ2n) is 12.3. The molecule has 2 aliphatic heterocycles. The number of nitrogens with zero attached hydrogens (tertiary/aromatic N) is 3. The zero-order valence-corrected chi connectivity index (χ0v) is 26.7. The average molecular weight is 633 g/mol. The van der Waals surface area contributed by atoms with E-state index in [1.807, 2.05) is 42.2 Å². The molecule has 5 aromatic carbocycles. The maximum Gasteiger partial charge on any atom is 0.0723 e. The van der Waals surface area contributed by atoms with Crippen LogP contribution in [0.25, 0.3) is 70.0 Å². The molecular formula is C43H28N4S. The SMILES string of the molecule is C1=CC(c2cc(-c3ccncc3)cc(N3c4ccccc4-c4ccc5c(sc6ccccc65)c4-c4cc5cccnc5cc43)c2)=CCN1. The molecule has 0 bridgehead atoms. The van der Waals surface area contributed by atoms with E-state index in [9.17, 15) is 0 Å². The number of hydrogen-bond donors (Lipinski definition) is 1. The molecule has 1 N–H and O–H groups in total. The van der Waals surface area contributed by atoms with Crippen LogP contribution in [0, 0.1) is 0 Å². The zero-order chi connectivity index (χ0) is 31.6. The van der Waals surface area contributed by atoms with Crippen LogP contribution in [0.3, 0.4) is 0 Å². The number of hydrogen-bond acceptors (Lipinski definition) is 5. The lowest BCUT2D eigenvalue weighted by molar-refractivity contribution is 0.976. The molecule has 0 atom stereocenters. The molecule has 48 heavy (non-hydrogen) atoms. The lowest BCUT2D eigenvalue weighted by atomic mass is 9.92. The predicted octanol–water partition coefficient (Wildman–Crippen LogP) is 11.3. The molecular weight excluding hydrogens is 605 g/mol. The summed E-state index contributed by atoms with van der Waals surface area (Å²) in [5.41, 5.74) is 13.9. The Morgan fingerprint density at radius 2 is 1.52 bits per heavy atom. The van der Waals surface area contributed by atoms with Crippen LogP contribution in [0.4, 0.5) is 17.1 Å². The van der Waals surface area contributed by atoms with Gasteiger partial charge in [-0.15, -0.1) is 11.3 Å². The van der Waals surface area contributed by atoms with Crippen molar-refractivity contribution >= 4 is 65.0 Å². The largest absolute Gasteiger partial charge is 0.387 e. The number of dihydropyridines is 1. The maximum absolute atomic E-state index is 4.86. The van der Waals surface area contributed by atoms with E-state index in [4.69, 9.17) is 4.98 Å². The minimum absolute atomic E-state index is 0.800. The number of aromatic nitrogens is 2. The van der Waals surface area contributed by atoms with Gasteiger partial charge in [-0.25, -0.2) is 0 Å². The summed E-state index contributed by atoms with van der Waals surface area (Å²) in [6.07, 6.45) is 12.1. The predicted molar refractivity (Wildman–Crippen MR) is 202 cm³/mol. The fraction of sp³-hybridized carbons (Fsp3) is 0.0233. The number of benzene rings is 5. The monoisotopic (exact) mass is 632 g/mol. The third-order valence-electron chi connectivity index (χ3n) is 9.56. The molecule has 0 unspecified atom stereocenters. The van der Waals surface area contributed by atoms with Crippen molar-refractivity contribution in [2.45, 2.75) is 0 Å². The van der Waals surface area contributed by atoms with Crippen LogP contribution in [0.1, 0.15) is 5.56 Å². The smallest absolute Gasteiger partial charge is 0.0723 e. The molecule has 10 rings (SSSR count). The molecule has 4 nitrogen and oxygen atoms in total. The second-order valence-corrected chi connectivity index (χ2v) is 13.3. The number of rotatable bonds is 3. The van der Waals surface area contributed by atoms with Crippen LogP contribution in [0.15, 0.2) is 152 Å². The fourth-order valence-electron chi connectivity index (χ4n) is 7.37. The van der Waals surface area contributed by atoms with Crippen LogP contribution < -0.4 is 10.2 Å². The lowest BCUT2D eigenvalue weighted by Gasteiger charge is -2.29. The van der Waals surface area contributed by atoms with Gasteiger partial charge in [-0.2, -0.15) is 0 Å². The quantitative estimate of drug-likeness (QED) is 0.210. The Bertz CT molecular complexity index is 2630. The zero-order valence-electron chi connectivity index (χ0n) is 25.9. The minimum Gasteiger partial charge on any atom is -0.387 e. The van der Waals surface area contributed by atoms with Gasteiger partial charge in [-0.05, 0) is 101 Å². The van der Waals surface area contributed by atoms with Crippen molar-refractivity contribution in [1.82, 2.24) is 15.3 Å². The Labute approximate surface area is 282 Å². The first-order valence-electron chi connectivity index (χ1n) is 16.2. The molecule has 0 amide bonds. The van der Waals surface area contributed by atoms with Gasteiger partial charge in [0.1, 0.15) is 0 Å². The van der Waals surface area contributed by atoms with Crippen molar-refractivity contribution in [3.05, 3.63) is 158 Å². The van der Waals surface area contributed by atoms with Gasteiger partial charge in [0.25, 0.3) is 0 Å². The van der Waals surface area contributed by atoms with Crippen LogP contribution in [0.5, 0.6) is 0 Å². The molecule has 0 radical (unpaired) electrons. The highest BCUT2D eigenvalue weighted by atomic mass is 32.1. The number of pyridine rings is 2. The molecule has 0 saturated heterocycles. The summed E-state index contributed by atoms with van der Waals surface area (Å²) >= 11 is 1.89. The molecule has 226 valence electrons. The Hall–Kier alpha value is -6.04. The second kappa shape index (κ2) is 10.8. The van der Waals surface area contributed by atoms with Crippen LogP contribution in [0.2, 0.25) is 0 Å². The van der Waals surface area contributed by atoms with Crippen molar-refractivity contribution in [2.24, 2.45) is 0 Å². The van der Waals surface area contributed by atoms with Crippen molar-refractivity contribution in [1.29, 1.82) is 0 Å². The molecule has 3 aromatic heterocycles. The summed E-state index contributed by atoms with van der Waals surface area (Å²) in [6, 6.07) is 42.2. The van der Waals surface area contributed by atoms with Gasteiger partial charge in [0.05, 0.1) is 16.9 Å². The topological polar surface area (TPSA) is 41.1 Å². The first-order valence-corrected chi connectivity index (χ1v) is 17.0. The molecule has 8 aromatic rings. The molecule has 0 spiro atoms. The summed E-state index contributed by atoms with van der Waals surface area (Å²) in [7, 11) is 0. The Morgan fingerprint density at radius 3 is 2.44 bits per heavy atom. The summed E-state index contributed by atoms with van der Waals surface area (Å²) in [5.74, 6) is 0. The normalized spacial score (nSPS) is 13.5. The molecule has 0 saturated carbocycles. The number of anilines is 3. The Morgan fingerprint density at radius 1 is 0.646 bits per heavy atom. The number of fused-ring (bicyclic) bond motifs is 10. The van der Waals surface area contributed by atoms with E-state index in [0.29, 0.717) is 0 Å². The van der Waals surface area contributed by atoms with E-state index < -0.39 is 0 Å². The third kappa shape index (κ3) is 4.21. The summed E-state index contributed by atoms with van der Waals surface area (Å²) in [4.78, 5) is 11.6. The lowest BCUT2D eigenvalue weighted by Crippen LogP contribution is -2.12. The maximum atomic E-state index is 4.86. The Balaban J connectivity index is 1.33. The van der Waals surface area contributed by atoms with E-state index in [1.165, 1.54) is 53.6 Å². The molecule has 5 heterocycles. The van der Waals surface area contributed by atoms with Crippen molar-refractivity contribution in [3.8, 4) is 33.4 Å². The first kappa shape index (κ1) is 27.1. The van der Waals surface area contributed by atoms with Crippen molar-refractivity contribution < 1.29 is 0 Å². The molecule has 5 heteroatoms. The molecule has 0 fully saturated rings. The van der Waals surface area contributed by atoms with Crippen LogP contribution in [-0.2, 0) is 0 Å².